The van der Waals surface area contributed by atoms with Gasteiger partial charge in [0.05, 0.1) is 37.3 Å². The van der Waals surface area contributed by atoms with E-state index in [4.69, 9.17) is 24.1 Å². The number of carbonyl (C=O) groups excluding carboxylic acids is 2. The molecular weight excluding hydrogens is 1120 g/mol. The first-order chi connectivity index (χ1) is 24.8. The zero-order valence-electron chi connectivity index (χ0n) is 25.6. The fourth-order valence-electron chi connectivity index (χ4n) is 3.01. The third-order valence-electron chi connectivity index (χ3n) is 5.20. The molecule has 0 aliphatic heterocycles. The number of hydrogen-bond donors (Lipinski definition) is 1. The molecule has 5 aromatic rings. The molecule has 3 aromatic carbocycles. The van der Waals surface area contributed by atoms with Gasteiger partial charge in [0.1, 0.15) is 23.9 Å². The molecule has 53 heavy (non-hydrogen) atoms. The Hall–Kier alpha value is -3.61. The molecule has 282 valence electrons. The number of aromatic nitrogens is 2. The molecule has 0 fully saturated rings. The van der Waals surface area contributed by atoms with Crippen molar-refractivity contribution in [1.82, 2.24) is 9.97 Å². The number of non-ortho nitro benzene ring substituents is 3. The van der Waals surface area contributed by atoms with Gasteiger partial charge in [0.25, 0.3) is 17.1 Å². The number of rotatable bonds is 9. The van der Waals surface area contributed by atoms with Crippen LogP contribution in [0.5, 0.6) is 17.2 Å². The van der Waals surface area contributed by atoms with Gasteiger partial charge in [-0.15, -0.1) is 22.7 Å². The van der Waals surface area contributed by atoms with Crippen molar-refractivity contribution in [3.8, 4) is 17.2 Å². The standard InChI is InChI=1S/C13H8N2O7.C11H8N2O5S.C4H5NOS.CH4.3HI.V/c16-13(21-11-5-1-9(2-6-11)14(17)18)22-12-7-3-10(4-8-12)15(19)20;14-11(17-6-10-5-12-7-19-10)18-9-3-1-8(2-4-9)13(15)16;6-2-4-1-5-3-7-4;;;;;/h1-8H;1-5,7H,6H2;1,3,6H,2H2;1H4;3*1H;/q;;;;;;;+3/p-3. The van der Waals surface area contributed by atoms with Gasteiger partial charge in [0.15, 0.2) is 0 Å². The number of nitrogens with zero attached hydrogens (tertiary/aromatic N) is 5. The van der Waals surface area contributed by atoms with Crippen LogP contribution in [-0.2, 0) is 22.9 Å². The maximum absolute atomic E-state index is 11.5. The molecule has 18 nitrogen and oxygen atoms in total. The summed E-state index contributed by atoms with van der Waals surface area (Å²) in [5, 5.41) is 39.8. The summed E-state index contributed by atoms with van der Waals surface area (Å²) >= 11 is 10.2. The van der Waals surface area contributed by atoms with Crippen molar-refractivity contribution in [2.75, 3.05) is 0 Å². The number of aliphatic hydroxyl groups is 1. The number of aliphatic hydroxyl groups excluding tert-OH is 1. The van der Waals surface area contributed by atoms with Gasteiger partial charge in [0.2, 0.25) is 0 Å². The zero-order chi connectivity index (χ0) is 38.5. The van der Waals surface area contributed by atoms with Crippen LogP contribution in [0, 0.1) is 30.3 Å². The predicted molar refractivity (Wildman–Crippen MR) is 216 cm³/mol. The van der Waals surface area contributed by atoms with Crippen LogP contribution >= 0.6 is 82.6 Å². The molecule has 0 saturated heterocycles. The summed E-state index contributed by atoms with van der Waals surface area (Å²) in [6.07, 6.45) is 1.30. The van der Waals surface area contributed by atoms with Crippen LogP contribution in [0.25, 0.3) is 0 Å². The van der Waals surface area contributed by atoms with Crippen molar-refractivity contribution in [2.45, 2.75) is 20.6 Å². The Morgan fingerprint density at radius 2 is 0.962 bits per heavy atom. The second-order valence-electron chi connectivity index (χ2n) is 8.63. The zero-order valence-corrected chi connectivity index (χ0v) is 35.1. The van der Waals surface area contributed by atoms with Crippen molar-refractivity contribution < 1.29 is 53.3 Å². The van der Waals surface area contributed by atoms with Gasteiger partial charge < -0.3 is 24.1 Å². The molecule has 0 unspecified atom stereocenters. The van der Waals surface area contributed by atoms with Crippen LogP contribution in [0.4, 0.5) is 26.7 Å². The van der Waals surface area contributed by atoms with E-state index in [-0.39, 0.29) is 59.9 Å². The van der Waals surface area contributed by atoms with Gasteiger partial charge >= 0.3 is 77.2 Å². The van der Waals surface area contributed by atoms with Gasteiger partial charge in [0, 0.05) is 53.7 Å². The molecule has 0 spiro atoms. The molecule has 2 aromatic heterocycles. The van der Waals surface area contributed by atoms with E-state index in [0.717, 1.165) is 9.75 Å². The molecule has 5 rings (SSSR count). The number of carbonyl (C=O) groups is 2. The molecule has 0 radical (unpaired) electrons. The Morgan fingerprint density at radius 1 is 0.642 bits per heavy atom. The van der Waals surface area contributed by atoms with E-state index in [2.05, 4.69) is 69.9 Å². The number of nitro groups is 3. The average molecular weight is 1150 g/mol. The van der Waals surface area contributed by atoms with Gasteiger partial charge in [-0.1, -0.05) is 7.43 Å². The van der Waals surface area contributed by atoms with Crippen molar-refractivity contribution in [1.29, 1.82) is 0 Å². The van der Waals surface area contributed by atoms with E-state index in [1.165, 1.54) is 95.5 Å². The SMILES string of the molecule is C.O=C(OCc1cncs1)Oc1ccc([N+](=O)[O-])cc1.O=C(Oc1ccc([N+](=O)[O-])cc1)Oc1ccc([N+](=O)[O-])cc1.OCc1cncs1.[I][V]([I])[I]. The van der Waals surface area contributed by atoms with E-state index in [1.54, 1.807) is 23.4 Å². The van der Waals surface area contributed by atoms with Gasteiger partial charge in [-0.3, -0.25) is 40.3 Å². The minimum absolute atomic E-state index is 0. The van der Waals surface area contributed by atoms with E-state index < -0.39 is 27.1 Å². The summed E-state index contributed by atoms with van der Waals surface area (Å²) in [4.78, 5) is 61.5. The van der Waals surface area contributed by atoms with Crippen molar-refractivity contribution >= 4 is 112 Å². The summed E-state index contributed by atoms with van der Waals surface area (Å²) in [5.74, 6) is 0.315. The van der Waals surface area contributed by atoms with Gasteiger partial charge in [-0.05, 0) is 36.4 Å². The van der Waals surface area contributed by atoms with Crippen LogP contribution in [0.2, 0.25) is 0 Å². The first-order valence-corrected chi connectivity index (χ1v) is 28.7. The monoisotopic (exact) mass is 1150 g/mol. The first-order valence-electron chi connectivity index (χ1n) is 13.4. The first kappa shape index (κ1) is 47.4. The quantitative estimate of drug-likeness (QED) is 0.0474. The molecule has 1 N–H and O–H groups in total. The maximum atomic E-state index is 11.5. The minimum atomic E-state index is -1.07. The molecule has 2 heterocycles. The number of ether oxygens (including phenoxy) is 4. The number of nitro benzene ring substituents is 3. The summed E-state index contributed by atoms with van der Waals surface area (Å²) in [5.41, 5.74) is 2.96. The third kappa shape index (κ3) is 20.4. The molecule has 0 saturated carbocycles. The fraction of sp³-hybridized carbons (Fsp3) is 0.103. The molecule has 0 bridgehead atoms. The number of thiazole rings is 2. The van der Waals surface area contributed by atoms with E-state index in [9.17, 15) is 39.9 Å². The Morgan fingerprint density at radius 3 is 1.23 bits per heavy atom. The van der Waals surface area contributed by atoms with Crippen LogP contribution in [0.1, 0.15) is 17.2 Å². The van der Waals surface area contributed by atoms with E-state index in [1.807, 2.05) is 0 Å². The molecule has 0 atom stereocenters. The normalized spacial score (nSPS) is 9.53. The summed E-state index contributed by atoms with van der Waals surface area (Å²) < 4.78 is 19.3. The molecule has 0 aliphatic carbocycles. The summed E-state index contributed by atoms with van der Waals surface area (Å²) in [7, 11) is 0. The van der Waals surface area contributed by atoms with Crippen LogP contribution in [-0.4, -0.2) is 42.2 Å². The summed E-state index contributed by atoms with van der Waals surface area (Å²) in [6.45, 7) is 0.196. The second-order valence-corrected chi connectivity index (χ2v) is 45.9. The Kier molecular flexibility index (Phi) is 23.5. The number of halogens is 3. The molecule has 0 amide bonds. The van der Waals surface area contributed by atoms with Crippen molar-refractivity contribution in [3.05, 3.63) is 136 Å². The Labute approximate surface area is 346 Å². The van der Waals surface area contributed by atoms with Crippen LogP contribution in [0.15, 0.2) is 96.2 Å². The van der Waals surface area contributed by atoms with Crippen LogP contribution < -0.4 is 14.2 Å². The summed E-state index contributed by atoms with van der Waals surface area (Å²) in [6, 6.07) is 14.8. The Balaban J connectivity index is 0.000000409. The average Bonchev–Trinajstić information content (AvgIpc) is 3.84. The topological polar surface area (TPSA) is 246 Å². The van der Waals surface area contributed by atoms with Crippen molar-refractivity contribution in [3.63, 3.8) is 0 Å². The van der Waals surface area contributed by atoms with Gasteiger partial charge in [-0.25, -0.2) is 9.59 Å². The van der Waals surface area contributed by atoms with E-state index in [0.29, 0.717) is 0 Å². The van der Waals surface area contributed by atoms with Crippen molar-refractivity contribution in [2.24, 2.45) is 0 Å². The fourth-order valence-corrected chi connectivity index (χ4v) is 3.97. The predicted octanol–water partition coefficient (Wildman–Crippen LogP) is 9.77. The number of hydrogen-bond acceptors (Lipinski definition) is 17. The number of benzene rings is 3. The Bertz CT molecular complexity index is 1790. The molecular formula is C29H25I3N5O13S2V. The second kappa shape index (κ2) is 26.2. The molecule has 24 heteroatoms. The van der Waals surface area contributed by atoms with Gasteiger partial charge in [-0.2, -0.15) is 0 Å². The third-order valence-corrected chi connectivity index (χ3v) is 6.72. The van der Waals surface area contributed by atoms with Crippen LogP contribution in [0.3, 0.4) is 0 Å². The molecule has 0 aliphatic rings. The van der Waals surface area contributed by atoms with E-state index >= 15 is 0 Å².